The third-order valence-electron chi connectivity index (χ3n) is 5.33. The lowest BCUT2D eigenvalue weighted by Gasteiger charge is -2.32. The number of likely N-dealkylation sites (N-methyl/N-ethyl adjacent to an activating group) is 1. The number of amides is 3. The molecular weight excluding hydrogens is 338 g/mol. The molecule has 0 aliphatic carbocycles. The molecule has 0 saturated carbocycles. The van der Waals surface area contributed by atoms with Crippen LogP contribution < -0.4 is 10.2 Å². The number of benzene rings is 2. The highest BCUT2D eigenvalue weighted by atomic mass is 16.2. The lowest BCUT2D eigenvalue weighted by Crippen LogP contribution is -2.47. The van der Waals surface area contributed by atoms with E-state index in [0.29, 0.717) is 18.7 Å². The van der Waals surface area contributed by atoms with Crippen molar-refractivity contribution in [2.45, 2.75) is 26.3 Å². The Labute approximate surface area is 159 Å². The molecule has 0 fully saturated rings. The van der Waals surface area contributed by atoms with Crippen molar-refractivity contribution in [1.29, 1.82) is 0 Å². The molecule has 1 N–H and O–H groups in total. The Balaban J connectivity index is 1.74. The Hall–Kier alpha value is -3.08. The molecule has 2 aliphatic rings. The first-order valence-corrected chi connectivity index (χ1v) is 9.40. The zero-order valence-electron chi connectivity index (χ0n) is 15.6. The van der Waals surface area contributed by atoms with Crippen molar-refractivity contribution in [3.05, 3.63) is 77.0 Å². The third-order valence-corrected chi connectivity index (χ3v) is 5.33. The maximum Gasteiger partial charge on any atom is 0.322 e. The van der Waals surface area contributed by atoms with Gasteiger partial charge in [0, 0.05) is 12.2 Å². The Morgan fingerprint density at radius 2 is 1.70 bits per heavy atom. The summed E-state index contributed by atoms with van der Waals surface area (Å²) in [7, 11) is 0. The van der Waals surface area contributed by atoms with Crippen molar-refractivity contribution in [1.82, 2.24) is 10.2 Å². The molecule has 0 unspecified atom stereocenters. The smallest absolute Gasteiger partial charge is 0.322 e. The average molecular weight is 361 g/mol. The van der Waals surface area contributed by atoms with Gasteiger partial charge in [0.2, 0.25) is 0 Å². The van der Waals surface area contributed by atoms with Crippen molar-refractivity contribution in [2.75, 3.05) is 18.0 Å². The van der Waals surface area contributed by atoms with E-state index in [1.807, 2.05) is 49.4 Å². The highest BCUT2D eigenvalue weighted by Crippen LogP contribution is 2.37. The summed E-state index contributed by atoms with van der Waals surface area (Å²) in [5, 5.41) is 3.01. The first-order valence-electron chi connectivity index (χ1n) is 9.40. The summed E-state index contributed by atoms with van der Waals surface area (Å²) in [4.78, 5) is 29.4. The Morgan fingerprint density at radius 3 is 2.33 bits per heavy atom. The summed E-state index contributed by atoms with van der Waals surface area (Å²) >= 11 is 0. The van der Waals surface area contributed by atoms with Crippen LogP contribution in [0.25, 0.3) is 0 Å². The highest BCUT2D eigenvalue weighted by molar-refractivity contribution is 6.11. The minimum Gasteiger partial charge on any atom is -0.326 e. The number of hydrogen-bond donors (Lipinski definition) is 1. The van der Waals surface area contributed by atoms with Crippen molar-refractivity contribution in [3.63, 3.8) is 0 Å². The molecule has 5 heteroatoms. The molecule has 4 rings (SSSR count). The fraction of sp³-hybridized carbons (Fsp3) is 0.273. The van der Waals surface area contributed by atoms with Crippen LogP contribution in [-0.4, -0.2) is 29.9 Å². The largest absolute Gasteiger partial charge is 0.326 e. The van der Waals surface area contributed by atoms with E-state index < -0.39 is 6.04 Å². The van der Waals surface area contributed by atoms with Crippen LogP contribution >= 0.6 is 0 Å². The number of anilines is 1. The normalized spacial score (nSPS) is 19.4. The molecule has 0 spiro atoms. The van der Waals surface area contributed by atoms with Gasteiger partial charge in [-0.25, -0.2) is 4.79 Å². The quantitative estimate of drug-likeness (QED) is 0.904. The first-order chi connectivity index (χ1) is 13.1. The summed E-state index contributed by atoms with van der Waals surface area (Å²) in [6, 6.07) is 17.2. The van der Waals surface area contributed by atoms with Gasteiger partial charge in [-0.15, -0.1) is 0 Å². The molecule has 0 radical (unpaired) electrons. The van der Waals surface area contributed by atoms with E-state index in [1.54, 1.807) is 9.80 Å². The van der Waals surface area contributed by atoms with E-state index in [2.05, 4.69) is 24.4 Å². The SMILES string of the molecule is CCc1ccc(N2CC3=C(C2=O)[C@H](c2ccccc2)NC(=O)N3CC)cc1. The molecule has 138 valence electrons. The molecule has 0 saturated heterocycles. The molecule has 2 aromatic carbocycles. The van der Waals surface area contributed by atoms with E-state index in [-0.39, 0.29) is 11.9 Å². The van der Waals surface area contributed by atoms with Gasteiger partial charge in [-0.3, -0.25) is 9.69 Å². The Bertz CT molecular complexity index is 903. The van der Waals surface area contributed by atoms with Gasteiger partial charge in [-0.1, -0.05) is 49.4 Å². The van der Waals surface area contributed by atoms with Crippen molar-refractivity contribution >= 4 is 17.6 Å². The van der Waals surface area contributed by atoms with E-state index in [1.165, 1.54) is 5.56 Å². The summed E-state index contributed by atoms with van der Waals surface area (Å²) in [5.41, 5.74) is 4.49. The molecule has 0 aromatic heterocycles. The van der Waals surface area contributed by atoms with Gasteiger partial charge in [-0.2, -0.15) is 0 Å². The lowest BCUT2D eigenvalue weighted by atomic mass is 9.95. The van der Waals surface area contributed by atoms with Crippen LogP contribution in [0.4, 0.5) is 10.5 Å². The minimum atomic E-state index is -0.413. The Kier molecular flexibility index (Phi) is 4.44. The van der Waals surface area contributed by atoms with Crippen LogP contribution in [-0.2, 0) is 11.2 Å². The highest BCUT2D eigenvalue weighted by Gasteiger charge is 2.43. The van der Waals surface area contributed by atoms with E-state index in [0.717, 1.165) is 23.4 Å². The molecule has 27 heavy (non-hydrogen) atoms. The summed E-state index contributed by atoms with van der Waals surface area (Å²) in [5.74, 6) is -0.0402. The molecule has 2 aromatic rings. The van der Waals surface area contributed by atoms with Crippen LogP contribution in [0.1, 0.15) is 31.0 Å². The van der Waals surface area contributed by atoms with Crippen molar-refractivity contribution < 1.29 is 9.59 Å². The van der Waals surface area contributed by atoms with Crippen molar-refractivity contribution in [2.24, 2.45) is 0 Å². The maximum absolute atomic E-state index is 13.3. The number of carbonyl (C=O) groups is 2. The number of nitrogens with zero attached hydrogens (tertiary/aromatic N) is 2. The second-order valence-electron chi connectivity index (χ2n) is 6.81. The number of carbonyl (C=O) groups excluding carboxylic acids is 2. The van der Waals surface area contributed by atoms with Crippen LogP contribution in [0.15, 0.2) is 65.9 Å². The predicted molar refractivity (Wildman–Crippen MR) is 105 cm³/mol. The maximum atomic E-state index is 13.3. The van der Waals surface area contributed by atoms with E-state index in [9.17, 15) is 9.59 Å². The van der Waals surface area contributed by atoms with Gasteiger partial charge in [0.15, 0.2) is 0 Å². The second-order valence-corrected chi connectivity index (χ2v) is 6.81. The van der Waals surface area contributed by atoms with Crippen LogP contribution in [0.5, 0.6) is 0 Å². The molecular formula is C22H23N3O2. The summed E-state index contributed by atoms with van der Waals surface area (Å²) in [6.07, 6.45) is 0.959. The molecule has 0 bridgehead atoms. The van der Waals surface area contributed by atoms with Gasteiger partial charge < -0.3 is 10.2 Å². The zero-order chi connectivity index (χ0) is 19.0. The lowest BCUT2D eigenvalue weighted by molar-refractivity contribution is -0.114. The minimum absolute atomic E-state index is 0.0402. The molecule has 5 nitrogen and oxygen atoms in total. The van der Waals surface area contributed by atoms with Gasteiger partial charge in [0.1, 0.15) is 0 Å². The third kappa shape index (κ3) is 2.89. The fourth-order valence-corrected chi connectivity index (χ4v) is 3.84. The number of rotatable bonds is 4. The monoisotopic (exact) mass is 361 g/mol. The Morgan fingerprint density at radius 1 is 1.00 bits per heavy atom. The van der Waals surface area contributed by atoms with Crippen LogP contribution in [0, 0.1) is 0 Å². The molecule has 2 aliphatic heterocycles. The summed E-state index contributed by atoms with van der Waals surface area (Å²) < 4.78 is 0. The number of aryl methyl sites for hydroxylation is 1. The van der Waals surface area contributed by atoms with Gasteiger partial charge in [0.25, 0.3) is 5.91 Å². The van der Waals surface area contributed by atoms with Gasteiger partial charge >= 0.3 is 6.03 Å². The first kappa shape index (κ1) is 17.3. The van der Waals surface area contributed by atoms with E-state index in [4.69, 9.17) is 0 Å². The second kappa shape index (κ2) is 6.91. The predicted octanol–water partition coefficient (Wildman–Crippen LogP) is 3.64. The van der Waals surface area contributed by atoms with E-state index >= 15 is 0 Å². The summed E-state index contributed by atoms with van der Waals surface area (Å²) in [6.45, 7) is 4.99. The topological polar surface area (TPSA) is 52.7 Å². The van der Waals surface area contributed by atoms with Crippen molar-refractivity contribution in [3.8, 4) is 0 Å². The van der Waals surface area contributed by atoms with Crippen LogP contribution in [0.3, 0.4) is 0 Å². The molecule has 3 amide bonds. The zero-order valence-corrected chi connectivity index (χ0v) is 15.6. The molecule has 1 atom stereocenters. The standard InChI is InChI=1S/C22H23N3O2/c1-3-15-10-12-17(13-11-15)25-14-18-19(21(25)26)20(16-8-6-5-7-9-16)23-22(27)24(18)4-2/h5-13,20H,3-4,14H2,1-2H3,(H,23,27)/t20-/m0/s1. The fourth-order valence-electron chi connectivity index (χ4n) is 3.84. The van der Waals surface area contributed by atoms with Crippen LogP contribution in [0.2, 0.25) is 0 Å². The van der Waals surface area contributed by atoms with Gasteiger partial charge in [-0.05, 0) is 36.6 Å². The number of urea groups is 1. The van der Waals surface area contributed by atoms with Gasteiger partial charge in [0.05, 0.1) is 23.9 Å². The number of hydrogen-bond acceptors (Lipinski definition) is 2. The molecule has 2 heterocycles. The average Bonchev–Trinajstić information content (AvgIpc) is 3.05. The number of nitrogens with one attached hydrogen (secondary N) is 1.